The van der Waals surface area contributed by atoms with Crippen LogP contribution in [0.3, 0.4) is 0 Å². The van der Waals surface area contributed by atoms with Crippen molar-refractivity contribution in [2.75, 3.05) is 33.9 Å². The average Bonchev–Trinajstić information content (AvgIpc) is 2.64. The topological polar surface area (TPSA) is 76.1 Å². The Morgan fingerprint density at radius 3 is 2.79 bits per heavy atom. The van der Waals surface area contributed by atoms with E-state index in [1.807, 2.05) is 19.1 Å². The summed E-state index contributed by atoms with van der Waals surface area (Å²) in [4.78, 5) is 22.6. The Morgan fingerprint density at radius 2 is 2.17 bits per heavy atom. The van der Waals surface area contributed by atoms with Gasteiger partial charge < -0.3 is 19.7 Å². The third-order valence-corrected chi connectivity index (χ3v) is 4.08. The number of esters is 1. The van der Waals surface area contributed by atoms with E-state index >= 15 is 0 Å². The number of carbonyl (C=O) groups excluding carboxylic acids is 1. The molecule has 0 unspecified atom stereocenters. The zero-order valence-corrected chi connectivity index (χ0v) is 14.6. The minimum atomic E-state index is -0.111. The molecule has 1 saturated heterocycles. The van der Waals surface area contributed by atoms with Crippen LogP contribution >= 0.6 is 0 Å². The number of guanidine groups is 1. The van der Waals surface area contributed by atoms with Crippen molar-refractivity contribution >= 4 is 11.9 Å². The lowest BCUT2D eigenvalue weighted by Crippen LogP contribution is -2.46. The molecule has 1 aliphatic rings. The van der Waals surface area contributed by atoms with E-state index in [0.717, 1.165) is 44.0 Å². The van der Waals surface area contributed by atoms with Crippen LogP contribution in [0.25, 0.3) is 0 Å². The molecule has 7 heteroatoms. The Morgan fingerprint density at radius 1 is 1.42 bits per heavy atom. The molecule has 132 valence electrons. The number of nitrogens with zero attached hydrogens (tertiary/aromatic N) is 3. The number of pyridine rings is 1. The van der Waals surface area contributed by atoms with Gasteiger partial charge in [0, 0.05) is 31.9 Å². The predicted molar refractivity (Wildman–Crippen MR) is 91.9 cm³/mol. The molecule has 1 aromatic heterocycles. The van der Waals surface area contributed by atoms with Crippen LogP contribution in [0, 0.1) is 5.92 Å². The molecule has 0 atom stereocenters. The van der Waals surface area contributed by atoms with Gasteiger partial charge in [0.25, 0.3) is 0 Å². The van der Waals surface area contributed by atoms with Crippen LogP contribution in [0.5, 0.6) is 5.88 Å². The number of hydrogen-bond donors (Lipinski definition) is 1. The zero-order chi connectivity index (χ0) is 17.4. The zero-order valence-electron chi connectivity index (χ0n) is 14.6. The molecular weight excluding hydrogens is 308 g/mol. The number of nitrogens with one attached hydrogen (secondary N) is 1. The Balaban J connectivity index is 1.99. The minimum absolute atomic E-state index is 0.00131. The molecule has 0 bridgehead atoms. The highest BCUT2D eigenvalue weighted by atomic mass is 16.5. The third-order valence-electron chi connectivity index (χ3n) is 4.08. The molecule has 0 amide bonds. The second-order valence-corrected chi connectivity index (χ2v) is 5.66. The summed E-state index contributed by atoms with van der Waals surface area (Å²) in [5, 5.41) is 3.32. The van der Waals surface area contributed by atoms with Crippen LogP contribution in [-0.4, -0.2) is 55.7 Å². The van der Waals surface area contributed by atoms with Crippen LogP contribution in [0.1, 0.15) is 25.3 Å². The van der Waals surface area contributed by atoms with Crippen molar-refractivity contribution in [3.63, 3.8) is 0 Å². The van der Waals surface area contributed by atoms with Gasteiger partial charge >= 0.3 is 5.97 Å². The molecule has 0 saturated carbocycles. The Labute approximate surface area is 143 Å². The molecule has 7 nitrogen and oxygen atoms in total. The normalized spacial score (nSPS) is 16.0. The summed E-state index contributed by atoms with van der Waals surface area (Å²) in [5.74, 6) is 1.35. The summed E-state index contributed by atoms with van der Waals surface area (Å²) in [5.41, 5.74) is 1.04. The number of aliphatic imine (C=N–C) groups is 1. The first-order valence-electron chi connectivity index (χ1n) is 8.28. The molecule has 24 heavy (non-hydrogen) atoms. The standard InChI is InChI=1S/C17H26N4O3/c1-4-18-17(20-12-13-5-8-19-15(11-13)23-2)21-9-6-14(7-10-21)16(22)24-3/h5,8,11,14H,4,6-7,9-10,12H2,1-3H3,(H,18,20). The molecule has 1 aliphatic heterocycles. The first-order valence-corrected chi connectivity index (χ1v) is 8.28. The monoisotopic (exact) mass is 334 g/mol. The minimum Gasteiger partial charge on any atom is -0.481 e. The van der Waals surface area contributed by atoms with E-state index in [0.29, 0.717) is 12.4 Å². The number of piperidine rings is 1. The number of aromatic nitrogens is 1. The van der Waals surface area contributed by atoms with Crippen molar-refractivity contribution in [3.05, 3.63) is 23.9 Å². The van der Waals surface area contributed by atoms with Gasteiger partial charge in [0.1, 0.15) is 0 Å². The first-order chi connectivity index (χ1) is 11.7. The van der Waals surface area contributed by atoms with Gasteiger partial charge in [-0.05, 0) is 31.4 Å². The van der Waals surface area contributed by atoms with Crippen LogP contribution in [0.4, 0.5) is 0 Å². The van der Waals surface area contributed by atoms with Crippen molar-refractivity contribution in [2.24, 2.45) is 10.9 Å². The van der Waals surface area contributed by atoms with E-state index in [1.54, 1.807) is 13.3 Å². The smallest absolute Gasteiger partial charge is 0.308 e. The maximum absolute atomic E-state index is 11.6. The lowest BCUT2D eigenvalue weighted by Gasteiger charge is -2.33. The Bertz CT molecular complexity index is 569. The summed E-state index contributed by atoms with van der Waals surface area (Å²) >= 11 is 0. The van der Waals surface area contributed by atoms with E-state index in [4.69, 9.17) is 14.5 Å². The second-order valence-electron chi connectivity index (χ2n) is 5.66. The molecule has 2 heterocycles. The van der Waals surface area contributed by atoms with Crippen molar-refractivity contribution in [1.82, 2.24) is 15.2 Å². The molecule has 0 spiro atoms. The fraction of sp³-hybridized carbons (Fsp3) is 0.588. The average molecular weight is 334 g/mol. The first kappa shape index (κ1) is 18.0. The number of likely N-dealkylation sites (tertiary alicyclic amines) is 1. The highest BCUT2D eigenvalue weighted by molar-refractivity contribution is 5.80. The van der Waals surface area contributed by atoms with Gasteiger partial charge in [-0.1, -0.05) is 0 Å². The van der Waals surface area contributed by atoms with E-state index < -0.39 is 0 Å². The lowest BCUT2D eigenvalue weighted by molar-refractivity contribution is -0.146. The largest absolute Gasteiger partial charge is 0.481 e. The summed E-state index contributed by atoms with van der Waals surface area (Å²) in [7, 11) is 3.05. The van der Waals surface area contributed by atoms with E-state index in [2.05, 4.69) is 15.2 Å². The van der Waals surface area contributed by atoms with Crippen molar-refractivity contribution in [1.29, 1.82) is 0 Å². The van der Waals surface area contributed by atoms with Gasteiger partial charge in [0.05, 0.1) is 26.7 Å². The van der Waals surface area contributed by atoms with E-state index in [-0.39, 0.29) is 11.9 Å². The van der Waals surface area contributed by atoms with Crippen molar-refractivity contribution < 1.29 is 14.3 Å². The number of rotatable bonds is 5. The van der Waals surface area contributed by atoms with E-state index in [9.17, 15) is 4.79 Å². The van der Waals surface area contributed by atoms with Gasteiger partial charge in [-0.25, -0.2) is 9.98 Å². The van der Waals surface area contributed by atoms with Crippen LogP contribution < -0.4 is 10.1 Å². The second kappa shape index (κ2) is 9.10. The number of methoxy groups -OCH3 is 2. The predicted octanol–water partition coefficient (Wildman–Crippen LogP) is 1.44. The van der Waals surface area contributed by atoms with Crippen molar-refractivity contribution in [2.45, 2.75) is 26.3 Å². The van der Waals surface area contributed by atoms with Gasteiger partial charge in [0.15, 0.2) is 5.96 Å². The summed E-state index contributed by atoms with van der Waals surface area (Å²) in [6.45, 7) is 5.00. The molecule has 0 aromatic carbocycles. The van der Waals surface area contributed by atoms with Crippen LogP contribution in [0.2, 0.25) is 0 Å². The summed E-state index contributed by atoms with van der Waals surface area (Å²) < 4.78 is 9.98. The maximum Gasteiger partial charge on any atom is 0.308 e. The molecule has 1 aromatic rings. The van der Waals surface area contributed by atoms with E-state index in [1.165, 1.54) is 7.11 Å². The quantitative estimate of drug-likeness (QED) is 0.499. The molecule has 0 aliphatic carbocycles. The highest BCUT2D eigenvalue weighted by Gasteiger charge is 2.26. The molecule has 1 fully saturated rings. The fourth-order valence-electron chi connectivity index (χ4n) is 2.75. The van der Waals surface area contributed by atoms with Gasteiger partial charge in [-0.2, -0.15) is 0 Å². The summed E-state index contributed by atoms with van der Waals surface area (Å²) in [6, 6.07) is 3.82. The van der Waals surface area contributed by atoms with Crippen LogP contribution in [-0.2, 0) is 16.1 Å². The number of carbonyl (C=O) groups is 1. The lowest BCUT2D eigenvalue weighted by atomic mass is 9.97. The SMILES string of the molecule is CCNC(=NCc1ccnc(OC)c1)N1CCC(C(=O)OC)CC1. The highest BCUT2D eigenvalue weighted by Crippen LogP contribution is 2.18. The Hall–Kier alpha value is -2.31. The molecule has 0 radical (unpaired) electrons. The van der Waals surface area contributed by atoms with Gasteiger partial charge in [-0.3, -0.25) is 4.79 Å². The molecule has 1 N–H and O–H groups in total. The third kappa shape index (κ3) is 4.84. The molecular formula is C17H26N4O3. The van der Waals surface area contributed by atoms with Gasteiger partial charge in [0.2, 0.25) is 5.88 Å². The fourth-order valence-corrected chi connectivity index (χ4v) is 2.75. The van der Waals surface area contributed by atoms with Crippen LogP contribution in [0.15, 0.2) is 23.3 Å². The summed E-state index contributed by atoms with van der Waals surface area (Å²) in [6.07, 6.45) is 3.30. The number of hydrogen-bond acceptors (Lipinski definition) is 5. The Kier molecular flexibility index (Phi) is 6.84. The maximum atomic E-state index is 11.6. The number of ether oxygens (including phenoxy) is 2. The van der Waals surface area contributed by atoms with Crippen molar-refractivity contribution in [3.8, 4) is 5.88 Å². The van der Waals surface area contributed by atoms with Gasteiger partial charge in [-0.15, -0.1) is 0 Å². The molecule has 2 rings (SSSR count).